The second kappa shape index (κ2) is 21.6. The van der Waals surface area contributed by atoms with Gasteiger partial charge in [-0.3, -0.25) is 28.8 Å². The lowest BCUT2D eigenvalue weighted by molar-refractivity contribution is -0.159. The fourth-order valence-electron chi connectivity index (χ4n) is 7.18. The summed E-state index contributed by atoms with van der Waals surface area (Å²) < 4.78 is 11.0. The van der Waals surface area contributed by atoms with E-state index in [0.29, 0.717) is 34.9 Å². The third-order valence-electron chi connectivity index (χ3n) is 10.6. The number of carbonyl (C=O) groups is 7. The predicted molar refractivity (Wildman–Crippen MR) is 228 cm³/mol. The molecule has 0 spiro atoms. The number of benzene rings is 2. The third kappa shape index (κ3) is 12.2. The number of cyclic esters (lactones) is 1. The highest BCUT2D eigenvalue weighted by Gasteiger charge is 2.40. The monoisotopic (exact) mass is 879 g/mol. The smallest absolute Gasteiger partial charge is 0.336 e. The maximum Gasteiger partial charge on any atom is 0.336 e. The van der Waals surface area contributed by atoms with E-state index >= 15 is 0 Å². The summed E-state index contributed by atoms with van der Waals surface area (Å²) >= 11 is 4.22. The molecule has 1 aromatic heterocycles. The fourth-order valence-corrected chi connectivity index (χ4v) is 7.43. The number of esters is 1. The van der Waals surface area contributed by atoms with Gasteiger partial charge >= 0.3 is 11.6 Å². The van der Waals surface area contributed by atoms with E-state index in [0.717, 1.165) is 5.69 Å². The molecular formula is C42H53N7O12S. The van der Waals surface area contributed by atoms with Crippen LogP contribution in [0.2, 0.25) is 0 Å². The molecular weight excluding hydrogens is 827 g/mol. The van der Waals surface area contributed by atoms with Crippen LogP contribution >= 0.6 is 12.6 Å². The van der Waals surface area contributed by atoms with E-state index in [1.807, 2.05) is 25.1 Å². The lowest BCUT2D eigenvalue weighted by Gasteiger charge is -2.30. The number of nitrogens with one attached hydrogen (secondary N) is 5. The number of phenols is 1. The van der Waals surface area contributed by atoms with E-state index in [9.17, 15) is 48.6 Å². The number of nitrogens with zero attached hydrogens (tertiary/aromatic N) is 2. The third-order valence-corrected chi connectivity index (χ3v) is 11.0. The van der Waals surface area contributed by atoms with E-state index in [4.69, 9.17) is 9.15 Å². The summed E-state index contributed by atoms with van der Waals surface area (Å²) in [5, 5.41) is 33.5. The molecule has 0 saturated carbocycles. The van der Waals surface area contributed by atoms with E-state index in [2.05, 4.69) is 39.2 Å². The summed E-state index contributed by atoms with van der Waals surface area (Å²) in [5.74, 6) is -5.56. The molecule has 2 saturated heterocycles. The molecule has 2 fully saturated rings. The zero-order chi connectivity index (χ0) is 45.1. The summed E-state index contributed by atoms with van der Waals surface area (Å²) in [4.78, 5) is 110. The first-order valence-corrected chi connectivity index (χ1v) is 20.9. The normalized spacial score (nSPS) is 23.0. The number of hydrogen-bond donors (Lipinski definition) is 8. The predicted octanol–water partition coefficient (Wildman–Crippen LogP) is -0.566. The molecule has 5 rings (SSSR count). The zero-order valence-corrected chi connectivity index (χ0v) is 35.6. The Kier molecular flexibility index (Phi) is 16.3. The molecule has 0 aliphatic carbocycles. The van der Waals surface area contributed by atoms with Gasteiger partial charge in [0.2, 0.25) is 29.5 Å². The summed E-state index contributed by atoms with van der Waals surface area (Å²) in [5.41, 5.74) is 1.52. The van der Waals surface area contributed by atoms with E-state index in [-0.39, 0.29) is 62.6 Å². The minimum Gasteiger partial charge on any atom is -0.508 e. The summed E-state index contributed by atoms with van der Waals surface area (Å²) in [6.45, 7) is 0.802. The van der Waals surface area contributed by atoms with Gasteiger partial charge in [-0.15, -0.1) is 0 Å². The molecule has 0 unspecified atom stereocenters. The number of aliphatic hydroxyl groups is 1. The second-order valence-corrected chi connectivity index (χ2v) is 15.8. The van der Waals surface area contributed by atoms with Crippen molar-refractivity contribution in [1.82, 2.24) is 31.5 Å². The fraction of sp³-hybridized carbons (Fsp3) is 0.476. The molecule has 62 heavy (non-hydrogen) atoms. The van der Waals surface area contributed by atoms with E-state index in [1.54, 1.807) is 12.1 Å². The summed E-state index contributed by atoms with van der Waals surface area (Å²) in [6, 6.07) is 5.87. The van der Waals surface area contributed by atoms with Gasteiger partial charge in [-0.05, 0) is 74.4 Å². The number of hydrogen-bond acceptors (Lipinski definition) is 14. The highest BCUT2D eigenvalue weighted by Crippen LogP contribution is 2.24. The number of ether oxygens (including phenoxy) is 1. The van der Waals surface area contributed by atoms with Gasteiger partial charge in [0, 0.05) is 62.6 Å². The van der Waals surface area contributed by atoms with Crippen LogP contribution in [0.4, 0.5) is 5.69 Å². The van der Waals surface area contributed by atoms with Crippen molar-refractivity contribution in [2.45, 2.75) is 88.2 Å². The standard InChI is InChI=1S/C42H53N7O12S/c1-23-42(59)61-33(8-4-5-15-43-35(52)18-25-19-36(53)60-34-20-26(48(2)3)11-14-28(25)34)40(57)45-29(17-24-9-12-27(51)13-10-24)37(54)46-30(21-50)38(55)47-31(22-62)41(58)49-16-6-7-32(49)39(56)44-23/h9-14,19-20,23,29-33,50-51,62H,4-8,15-18,21-22H2,1-3H3,(H,43,52)(H,44,56)(H,45,57)(H,46,54)(H,47,55)/t23-,29-,30-,31-,32-,33-/m0/s1. The zero-order valence-electron chi connectivity index (χ0n) is 34.7. The maximum atomic E-state index is 14.0. The lowest BCUT2D eigenvalue weighted by atomic mass is 10.0. The number of amides is 6. The molecule has 6 amide bonds. The van der Waals surface area contributed by atoms with Crippen LogP contribution in [0.15, 0.2) is 57.7 Å². The molecule has 334 valence electrons. The number of aliphatic hydroxyl groups excluding tert-OH is 1. The SMILES string of the molecule is C[C@@H]1NC(=O)[C@@H]2CCCN2C(=O)[C@H](CS)NC(=O)[C@H](CO)NC(=O)[C@H](Cc2ccc(O)cc2)NC(=O)[C@H](CCCCNC(=O)Cc2cc(=O)oc3cc(N(C)C)ccc23)OC1=O. The number of anilines is 1. The van der Waals surface area contributed by atoms with Crippen LogP contribution in [0.1, 0.15) is 50.2 Å². The number of aromatic hydroxyl groups is 1. The van der Waals surface area contributed by atoms with Crippen molar-refractivity contribution >= 4 is 70.7 Å². The van der Waals surface area contributed by atoms with Gasteiger partial charge in [-0.1, -0.05) is 12.1 Å². The Hall–Kier alpha value is -6.15. The van der Waals surface area contributed by atoms with Gasteiger partial charge in [-0.2, -0.15) is 12.6 Å². The first kappa shape index (κ1) is 46.9. The Balaban J connectivity index is 1.33. The van der Waals surface area contributed by atoms with Crippen molar-refractivity contribution in [3.8, 4) is 5.75 Å². The van der Waals surface area contributed by atoms with Crippen molar-refractivity contribution in [1.29, 1.82) is 0 Å². The van der Waals surface area contributed by atoms with Crippen LogP contribution in [0.25, 0.3) is 11.0 Å². The van der Waals surface area contributed by atoms with Crippen LogP contribution in [0.3, 0.4) is 0 Å². The topological polar surface area (TPSA) is 266 Å². The molecule has 20 heteroatoms. The Morgan fingerprint density at radius 2 is 1.58 bits per heavy atom. The maximum absolute atomic E-state index is 14.0. The number of fused-ring (bicyclic) bond motifs is 2. The number of rotatable bonds is 12. The molecule has 7 N–H and O–H groups in total. The van der Waals surface area contributed by atoms with Crippen molar-refractivity contribution < 1.29 is 52.9 Å². The van der Waals surface area contributed by atoms with Gasteiger partial charge < -0.3 is 55.8 Å². The summed E-state index contributed by atoms with van der Waals surface area (Å²) in [7, 11) is 3.69. The van der Waals surface area contributed by atoms with Crippen molar-refractivity contribution in [3.63, 3.8) is 0 Å². The highest BCUT2D eigenvalue weighted by atomic mass is 32.1. The second-order valence-electron chi connectivity index (χ2n) is 15.5. The van der Waals surface area contributed by atoms with Gasteiger partial charge in [0.05, 0.1) is 13.0 Å². The van der Waals surface area contributed by atoms with Crippen LogP contribution in [0, 0.1) is 0 Å². The molecule has 19 nitrogen and oxygen atoms in total. The molecule has 3 aromatic rings. The van der Waals surface area contributed by atoms with Crippen molar-refractivity contribution in [2.24, 2.45) is 0 Å². The number of carbonyl (C=O) groups excluding carboxylic acids is 7. The van der Waals surface area contributed by atoms with Gasteiger partial charge in [0.25, 0.3) is 5.91 Å². The molecule has 2 aromatic carbocycles. The Bertz CT molecular complexity index is 2200. The van der Waals surface area contributed by atoms with Crippen molar-refractivity contribution in [3.05, 3.63) is 70.1 Å². The minimum atomic E-state index is -1.58. The average molecular weight is 880 g/mol. The van der Waals surface area contributed by atoms with Crippen LogP contribution in [0.5, 0.6) is 5.75 Å². The average Bonchev–Trinajstić information content (AvgIpc) is 3.74. The first-order chi connectivity index (χ1) is 29.6. The van der Waals surface area contributed by atoms with Gasteiger partial charge in [-0.25, -0.2) is 9.59 Å². The lowest BCUT2D eigenvalue weighted by Crippen LogP contribution is -2.60. The highest BCUT2D eigenvalue weighted by molar-refractivity contribution is 7.80. The van der Waals surface area contributed by atoms with E-state index < -0.39 is 84.1 Å². The largest absolute Gasteiger partial charge is 0.508 e. The number of unbranched alkanes of at least 4 members (excludes halogenated alkanes) is 1. The molecule has 3 heterocycles. The summed E-state index contributed by atoms with van der Waals surface area (Å²) in [6.07, 6.45) is -0.613. The minimum absolute atomic E-state index is 0.0540. The first-order valence-electron chi connectivity index (χ1n) is 20.3. The molecule has 2 aliphatic heterocycles. The Labute approximate surface area is 362 Å². The Morgan fingerprint density at radius 1 is 0.887 bits per heavy atom. The van der Waals surface area contributed by atoms with Gasteiger partial charge in [0.1, 0.15) is 41.5 Å². The molecule has 6 atom stereocenters. The van der Waals surface area contributed by atoms with Crippen LogP contribution in [-0.2, 0) is 51.1 Å². The molecule has 2 aliphatic rings. The van der Waals surface area contributed by atoms with E-state index in [1.165, 1.54) is 42.2 Å². The van der Waals surface area contributed by atoms with Gasteiger partial charge in [0.15, 0.2) is 6.10 Å². The quantitative estimate of drug-likeness (QED) is 0.0492. The number of phenolic OH excluding ortho intramolecular Hbond substituents is 1. The van der Waals surface area contributed by atoms with Crippen LogP contribution < -0.4 is 37.1 Å². The van der Waals surface area contributed by atoms with Crippen molar-refractivity contribution in [2.75, 3.05) is 44.4 Å². The Morgan fingerprint density at radius 3 is 2.27 bits per heavy atom. The van der Waals surface area contributed by atoms with Crippen LogP contribution in [-0.4, -0.2) is 132 Å². The molecule has 0 bridgehead atoms. The molecule has 0 radical (unpaired) electrons. The number of thiol groups is 1.